The van der Waals surface area contributed by atoms with Crippen molar-refractivity contribution < 1.29 is 4.79 Å². The summed E-state index contributed by atoms with van der Waals surface area (Å²) in [6.45, 7) is 5.21. The van der Waals surface area contributed by atoms with Crippen molar-refractivity contribution in [3.05, 3.63) is 35.9 Å². The average Bonchev–Trinajstić information content (AvgIpc) is 2.41. The molecule has 2 rings (SSSR count). The first-order valence-corrected chi connectivity index (χ1v) is 7.09. The molecule has 0 bridgehead atoms. The van der Waals surface area contributed by atoms with Gasteiger partial charge in [0.15, 0.2) is 0 Å². The van der Waals surface area contributed by atoms with E-state index >= 15 is 0 Å². The summed E-state index contributed by atoms with van der Waals surface area (Å²) >= 11 is 0. The molecule has 1 saturated heterocycles. The van der Waals surface area contributed by atoms with Crippen molar-refractivity contribution in [2.75, 3.05) is 6.54 Å². The van der Waals surface area contributed by atoms with Crippen molar-refractivity contribution in [3.8, 4) is 0 Å². The second-order valence-electron chi connectivity index (χ2n) is 5.25. The van der Waals surface area contributed by atoms with Gasteiger partial charge in [0.2, 0.25) is 5.91 Å². The zero-order valence-corrected chi connectivity index (χ0v) is 11.4. The van der Waals surface area contributed by atoms with E-state index in [2.05, 4.69) is 30.9 Å². The van der Waals surface area contributed by atoms with Crippen molar-refractivity contribution >= 4 is 5.91 Å². The molecule has 1 aromatic carbocycles. The Morgan fingerprint density at radius 2 is 2.06 bits per heavy atom. The Hall–Kier alpha value is -1.31. The summed E-state index contributed by atoms with van der Waals surface area (Å²) in [6.07, 6.45) is 4.44. The molecule has 18 heavy (non-hydrogen) atoms. The standard InChI is InChI=1S/C16H23NO/c1-3-15(14-10-5-4-6-11-14)16(18)17-12-8-7-9-13(17)2/h4-6,10-11,13,15H,3,7-9,12H2,1-2H3/t13-,15-/m0/s1. The van der Waals surface area contributed by atoms with E-state index in [4.69, 9.17) is 0 Å². The van der Waals surface area contributed by atoms with Gasteiger partial charge in [0.25, 0.3) is 0 Å². The topological polar surface area (TPSA) is 20.3 Å². The molecule has 0 radical (unpaired) electrons. The van der Waals surface area contributed by atoms with Gasteiger partial charge in [-0.25, -0.2) is 0 Å². The number of amides is 1. The lowest BCUT2D eigenvalue weighted by Gasteiger charge is -2.36. The van der Waals surface area contributed by atoms with Gasteiger partial charge in [-0.15, -0.1) is 0 Å². The molecule has 98 valence electrons. The fourth-order valence-corrected chi connectivity index (χ4v) is 2.86. The van der Waals surface area contributed by atoms with Gasteiger partial charge in [-0.3, -0.25) is 4.79 Å². The first-order valence-electron chi connectivity index (χ1n) is 7.09. The van der Waals surface area contributed by atoms with E-state index in [0.29, 0.717) is 11.9 Å². The number of hydrogen-bond donors (Lipinski definition) is 0. The molecule has 1 amide bonds. The van der Waals surface area contributed by atoms with Crippen LogP contribution in [0.25, 0.3) is 0 Å². The largest absolute Gasteiger partial charge is 0.339 e. The highest BCUT2D eigenvalue weighted by Gasteiger charge is 2.29. The SMILES string of the molecule is CC[C@H](C(=O)N1CCCC[C@@H]1C)c1ccccc1. The van der Waals surface area contributed by atoms with Crippen LogP contribution in [0.5, 0.6) is 0 Å². The van der Waals surface area contributed by atoms with Crippen molar-refractivity contribution in [1.29, 1.82) is 0 Å². The lowest BCUT2D eigenvalue weighted by molar-refractivity contribution is -0.136. The van der Waals surface area contributed by atoms with Crippen LogP contribution in [-0.2, 0) is 4.79 Å². The molecule has 0 saturated carbocycles. The van der Waals surface area contributed by atoms with Crippen molar-refractivity contribution in [3.63, 3.8) is 0 Å². The van der Waals surface area contributed by atoms with Crippen LogP contribution in [0.3, 0.4) is 0 Å². The number of rotatable bonds is 3. The summed E-state index contributed by atoms with van der Waals surface area (Å²) in [5.41, 5.74) is 1.16. The minimum atomic E-state index is 0.0340. The maximum absolute atomic E-state index is 12.7. The van der Waals surface area contributed by atoms with E-state index < -0.39 is 0 Å². The highest BCUT2D eigenvalue weighted by Crippen LogP contribution is 2.26. The Bertz CT molecular complexity index is 387. The second-order valence-corrected chi connectivity index (χ2v) is 5.25. The number of carbonyl (C=O) groups is 1. The van der Waals surface area contributed by atoms with Gasteiger partial charge in [-0.05, 0) is 38.2 Å². The van der Waals surface area contributed by atoms with Crippen LogP contribution >= 0.6 is 0 Å². The summed E-state index contributed by atoms with van der Waals surface area (Å²) in [4.78, 5) is 14.8. The molecular weight excluding hydrogens is 222 g/mol. The summed E-state index contributed by atoms with van der Waals surface area (Å²) in [5, 5.41) is 0. The van der Waals surface area contributed by atoms with Crippen LogP contribution in [0.4, 0.5) is 0 Å². The van der Waals surface area contributed by atoms with Gasteiger partial charge in [0.1, 0.15) is 0 Å². The monoisotopic (exact) mass is 245 g/mol. The molecule has 2 nitrogen and oxygen atoms in total. The van der Waals surface area contributed by atoms with Gasteiger partial charge in [-0.2, -0.15) is 0 Å². The first kappa shape index (κ1) is 13.1. The fraction of sp³-hybridized carbons (Fsp3) is 0.562. The van der Waals surface area contributed by atoms with Gasteiger partial charge >= 0.3 is 0 Å². The third kappa shape index (κ3) is 2.74. The number of benzene rings is 1. The summed E-state index contributed by atoms with van der Waals surface area (Å²) in [5.74, 6) is 0.350. The van der Waals surface area contributed by atoms with E-state index in [0.717, 1.165) is 31.4 Å². The minimum Gasteiger partial charge on any atom is -0.339 e. The van der Waals surface area contributed by atoms with Gasteiger partial charge < -0.3 is 4.90 Å². The molecule has 0 unspecified atom stereocenters. The third-order valence-electron chi connectivity index (χ3n) is 3.99. The highest BCUT2D eigenvalue weighted by molar-refractivity contribution is 5.84. The van der Waals surface area contributed by atoms with E-state index in [1.807, 2.05) is 18.2 Å². The fourth-order valence-electron chi connectivity index (χ4n) is 2.86. The van der Waals surface area contributed by atoms with Crippen molar-refractivity contribution in [2.24, 2.45) is 0 Å². The number of piperidine rings is 1. The summed E-state index contributed by atoms with van der Waals surface area (Å²) in [6, 6.07) is 10.6. The smallest absolute Gasteiger partial charge is 0.230 e. The zero-order valence-electron chi connectivity index (χ0n) is 11.4. The number of carbonyl (C=O) groups excluding carboxylic acids is 1. The Labute approximate surface area is 110 Å². The molecule has 2 atom stereocenters. The summed E-state index contributed by atoms with van der Waals surface area (Å²) in [7, 11) is 0. The van der Waals surface area contributed by atoms with Crippen LogP contribution in [0.2, 0.25) is 0 Å². The van der Waals surface area contributed by atoms with Gasteiger partial charge in [0, 0.05) is 12.6 Å². The van der Waals surface area contributed by atoms with E-state index in [-0.39, 0.29) is 5.92 Å². The Kier molecular flexibility index (Phi) is 4.40. The molecule has 1 aliphatic rings. The normalized spacial score (nSPS) is 21.7. The van der Waals surface area contributed by atoms with Crippen LogP contribution < -0.4 is 0 Å². The number of likely N-dealkylation sites (tertiary alicyclic amines) is 1. The Balaban J connectivity index is 2.15. The van der Waals surface area contributed by atoms with Crippen molar-refractivity contribution in [2.45, 2.75) is 51.5 Å². The molecule has 1 fully saturated rings. The zero-order chi connectivity index (χ0) is 13.0. The third-order valence-corrected chi connectivity index (χ3v) is 3.99. The number of hydrogen-bond acceptors (Lipinski definition) is 1. The molecule has 0 aliphatic carbocycles. The van der Waals surface area contributed by atoms with Crippen molar-refractivity contribution in [1.82, 2.24) is 4.90 Å². The number of nitrogens with zero attached hydrogens (tertiary/aromatic N) is 1. The maximum atomic E-state index is 12.7. The first-order chi connectivity index (χ1) is 8.74. The average molecular weight is 245 g/mol. The molecule has 1 aromatic rings. The highest BCUT2D eigenvalue weighted by atomic mass is 16.2. The summed E-state index contributed by atoms with van der Waals surface area (Å²) < 4.78 is 0. The molecule has 0 N–H and O–H groups in total. The van der Waals surface area contributed by atoms with Crippen LogP contribution in [0.1, 0.15) is 51.0 Å². The molecule has 1 heterocycles. The molecule has 1 aliphatic heterocycles. The van der Waals surface area contributed by atoms with E-state index in [1.165, 1.54) is 6.42 Å². The van der Waals surface area contributed by atoms with Crippen LogP contribution in [0, 0.1) is 0 Å². The van der Waals surface area contributed by atoms with E-state index in [9.17, 15) is 4.79 Å². The molecule has 0 aromatic heterocycles. The second kappa shape index (κ2) is 6.03. The predicted octanol–water partition coefficient (Wildman–Crippen LogP) is 3.58. The molecule has 2 heteroatoms. The molecule has 0 spiro atoms. The van der Waals surface area contributed by atoms with E-state index in [1.54, 1.807) is 0 Å². The Morgan fingerprint density at radius 3 is 2.67 bits per heavy atom. The lowest BCUT2D eigenvalue weighted by Crippen LogP contribution is -2.44. The van der Waals surface area contributed by atoms with Gasteiger partial charge in [0.05, 0.1) is 5.92 Å². The van der Waals surface area contributed by atoms with Crippen LogP contribution in [0.15, 0.2) is 30.3 Å². The quantitative estimate of drug-likeness (QED) is 0.797. The molecular formula is C16H23NO. The van der Waals surface area contributed by atoms with Crippen LogP contribution in [-0.4, -0.2) is 23.4 Å². The Morgan fingerprint density at radius 1 is 1.33 bits per heavy atom. The lowest BCUT2D eigenvalue weighted by atomic mass is 9.93. The van der Waals surface area contributed by atoms with Gasteiger partial charge in [-0.1, -0.05) is 37.3 Å². The minimum absolute atomic E-state index is 0.0340. The maximum Gasteiger partial charge on any atom is 0.230 e. The predicted molar refractivity (Wildman–Crippen MR) is 74.5 cm³/mol.